The summed E-state index contributed by atoms with van der Waals surface area (Å²) in [6, 6.07) is 10.7. The van der Waals surface area contributed by atoms with Gasteiger partial charge in [-0.15, -0.1) is 0 Å². The van der Waals surface area contributed by atoms with E-state index in [2.05, 4.69) is 57.5 Å². The average molecular weight is 256 g/mol. The second kappa shape index (κ2) is 4.78. The first-order valence-corrected chi connectivity index (χ1v) is 6.84. The molecule has 0 unspecified atom stereocenters. The van der Waals surface area contributed by atoms with Crippen LogP contribution in [-0.4, -0.2) is 40.2 Å². The van der Waals surface area contributed by atoms with Crippen molar-refractivity contribution in [3.63, 3.8) is 0 Å². The van der Waals surface area contributed by atoms with Gasteiger partial charge in [0.25, 0.3) is 0 Å². The number of aryl methyl sites for hydroxylation is 1. The lowest BCUT2D eigenvalue weighted by Gasteiger charge is -2.39. The number of nitrogens with one attached hydrogen (secondary N) is 1. The van der Waals surface area contributed by atoms with Crippen LogP contribution in [-0.2, 0) is 5.41 Å². The monoisotopic (exact) mass is 256 g/mol. The Balaban J connectivity index is 2.06. The molecule has 1 aliphatic heterocycles. The van der Waals surface area contributed by atoms with E-state index in [1.807, 2.05) is 6.92 Å². The van der Waals surface area contributed by atoms with Gasteiger partial charge in [0.05, 0.1) is 5.41 Å². The summed E-state index contributed by atoms with van der Waals surface area (Å²) in [4.78, 5) is 7.00. The highest BCUT2D eigenvalue weighted by atomic mass is 15.2. The van der Waals surface area contributed by atoms with Gasteiger partial charge < -0.3 is 4.90 Å². The zero-order chi connectivity index (χ0) is 13.3. The van der Waals surface area contributed by atoms with Crippen LogP contribution >= 0.6 is 0 Å². The Bertz CT molecular complexity index is 538. The maximum atomic E-state index is 4.62. The van der Waals surface area contributed by atoms with Crippen LogP contribution in [0.2, 0.25) is 0 Å². The molecule has 1 saturated heterocycles. The van der Waals surface area contributed by atoms with Gasteiger partial charge in [-0.1, -0.05) is 30.3 Å². The van der Waals surface area contributed by atoms with Crippen LogP contribution in [0.15, 0.2) is 30.3 Å². The summed E-state index contributed by atoms with van der Waals surface area (Å²) in [5.74, 6) is 1.84. The fraction of sp³-hybridized carbons (Fsp3) is 0.467. The van der Waals surface area contributed by atoms with E-state index in [9.17, 15) is 0 Å². The van der Waals surface area contributed by atoms with E-state index in [0.717, 1.165) is 37.6 Å². The van der Waals surface area contributed by atoms with Crippen LogP contribution in [0.25, 0.3) is 0 Å². The van der Waals surface area contributed by atoms with Crippen molar-refractivity contribution in [2.45, 2.75) is 25.2 Å². The molecule has 1 aromatic heterocycles. The van der Waals surface area contributed by atoms with Gasteiger partial charge in [-0.25, -0.2) is 4.98 Å². The van der Waals surface area contributed by atoms with Crippen molar-refractivity contribution in [3.8, 4) is 0 Å². The van der Waals surface area contributed by atoms with Crippen LogP contribution < -0.4 is 0 Å². The Hall–Kier alpha value is -1.68. The zero-order valence-electron chi connectivity index (χ0n) is 11.6. The highest BCUT2D eigenvalue weighted by Gasteiger charge is 2.40. The van der Waals surface area contributed by atoms with E-state index in [4.69, 9.17) is 0 Å². The van der Waals surface area contributed by atoms with Crippen molar-refractivity contribution in [1.82, 2.24) is 20.1 Å². The quantitative estimate of drug-likeness (QED) is 0.895. The summed E-state index contributed by atoms with van der Waals surface area (Å²) in [5, 5.41) is 7.46. The highest BCUT2D eigenvalue weighted by molar-refractivity contribution is 5.33. The number of aromatic amines is 1. The Morgan fingerprint density at radius 3 is 2.42 bits per heavy atom. The van der Waals surface area contributed by atoms with Crippen molar-refractivity contribution < 1.29 is 0 Å². The molecule has 4 nitrogen and oxygen atoms in total. The summed E-state index contributed by atoms with van der Waals surface area (Å²) in [6.45, 7) is 4.13. The molecule has 0 atom stereocenters. The number of rotatable bonds is 2. The lowest BCUT2D eigenvalue weighted by Crippen LogP contribution is -2.42. The molecule has 1 aliphatic rings. The van der Waals surface area contributed by atoms with E-state index in [0.29, 0.717) is 0 Å². The number of H-pyrrole nitrogens is 1. The van der Waals surface area contributed by atoms with E-state index < -0.39 is 0 Å². The third-order valence-electron chi connectivity index (χ3n) is 4.19. The summed E-state index contributed by atoms with van der Waals surface area (Å²) in [5.41, 5.74) is 1.31. The zero-order valence-corrected chi connectivity index (χ0v) is 11.6. The Morgan fingerprint density at radius 1 is 1.16 bits per heavy atom. The fourth-order valence-corrected chi connectivity index (χ4v) is 2.96. The second-order valence-electron chi connectivity index (χ2n) is 5.50. The molecule has 0 aliphatic carbocycles. The lowest BCUT2D eigenvalue weighted by molar-refractivity contribution is 0.207. The molecule has 0 radical (unpaired) electrons. The van der Waals surface area contributed by atoms with Crippen LogP contribution in [0.3, 0.4) is 0 Å². The molecule has 1 fully saturated rings. The van der Waals surface area contributed by atoms with Gasteiger partial charge in [0.2, 0.25) is 0 Å². The van der Waals surface area contributed by atoms with Crippen molar-refractivity contribution in [2.24, 2.45) is 0 Å². The van der Waals surface area contributed by atoms with Crippen LogP contribution in [0.4, 0.5) is 0 Å². The molecule has 19 heavy (non-hydrogen) atoms. The molecule has 0 saturated carbocycles. The topological polar surface area (TPSA) is 44.8 Å². The molecule has 1 aromatic carbocycles. The first-order chi connectivity index (χ1) is 9.21. The number of aromatic nitrogens is 3. The van der Waals surface area contributed by atoms with Crippen molar-refractivity contribution in [3.05, 3.63) is 47.5 Å². The van der Waals surface area contributed by atoms with E-state index in [-0.39, 0.29) is 5.41 Å². The average Bonchev–Trinajstić information content (AvgIpc) is 2.88. The smallest absolute Gasteiger partial charge is 0.161 e. The standard InChI is InChI=1S/C15H20N4/c1-12-16-14(18-17-12)15(8-10-19(2)11-9-15)13-6-4-3-5-7-13/h3-7H,8-11H2,1-2H3,(H,16,17,18). The molecule has 100 valence electrons. The second-order valence-corrected chi connectivity index (χ2v) is 5.50. The Morgan fingerprint density at radius 2 is 1.84 bits per heavy atom. The normalized spacial score (nSPS) is 19.5. The number of piperidine rings is 1. The molecule has 3 rings (SSSR count). The molecule has 0 bridgehead atoms. The van der Waals surface area contributed by atoms with Crippen molar-refractivity contribution in [1.29, 1.82) is 0 Å². The summed E-state index contributed by atoms with van der Waals surface area (Å²) in [7, 11) is 2.18. The minimum absolute atomic E-state index is 0.0292. The van der Waals surface area contributed by atoms with Gasteiger partial charge in [0, 0.05) is 0 Å². The molecule has 4 heteroatoms. The number of hydrogen-bond donors (Lipinski definition) is 1. The van der Waals surface area contributed by atoms with Gasteiger partial charge in [0.1, 0.15) is 5.82 Å². The molecule has 0 spiro atoms. The van der Waals surface area contributed by atoms with Crippen LogP contribution in [0.5, 0.6) is 0 Å². The number of likely N-dealkylation sites (tertiary alicyclic amines) is 1. The Kier molecular flexibility index (Phi) is 3.11. The fourth-order valence-electron chi connectivity index (χ4n) is 2.96. The van der Waals surface area contributed by atoms with Crippen molar-refractivity contribution in [2.75, 3.05) is 20.1 Å². The lowest BCUT2D eigenvalue weighted by atomic mass is 9.72. The van der Waals surface area contributed by atoms with Gasteiger partial charge in [0.15, 0.2) is 5.82 Å². The third kappa shape index (κ3) is 2.16. The molecule has 0 amide bonds. The SMILES string of the molecule is Cc1nc(C2(c3ccccc3)CCN(C)CC2)n[nH]1. The number of hydrogen-bond acceptors (Lipinski definition) is 3. The Labute approximate surface area is 113 Å². The molecule has 1 N–H and O–H groups in total. The maximum absolute atomic E-state index is 4.62. The molecule has 2 aromatic rings. The van der Waals surface area contributed by atoms with Gasteiger partial charge >= 0.3 is 0 Å². The third-order valence-corrected chi connectivity index (χ3v) is 4.19. The van der Waals surface area contributed by atoms with E-state index in [1.165, 1.54) is 5.56 Å². The first-order valence-electron chi connectivity index (χ1n) is 6.84. The largest absolute Gasteiger partial charge is 0.306 e. The summed E-state index contributed by atoms with van der Waals surface area (Å²) >= 11 is 0. The van der Waals surface area contributed by atoms with Gasteiger partial charge in [-0.05, 0) is 45.5 Å². The number of nitrogens with zero attached hydrogens (tertiary/aromatic N) is 3. The molecular weight excluding hydrogens is 236 g/mol. The summed E-state index contributed by atoms with van der Waals surface area (Å²) in [6.07, 6.45) is 2.15. The van der Waals surface area contributed by atoms with Crippen LogP contribution in [0, 0.1) is 6.92 Å². The summed E-state index contributed by atoms with van der Waals surface area (Å²) < 4.78 is 0. The predicted octanol–water partition coefficient (Wildman–Crippen LogP) is 2.12. The minimum Gasteiger partial charge on any atom is -0.306 e. The predicted molar refractivity (Wildman–Crippen MR) is 75.1 cm³/mol. The van der Waals surface area contributed by atoms with Gasteiger partial charge in [-0.3, -0.25) is 5.10 Å². The molecular formula is C15H20N4. The van der Waals surface area contributed by atoms with Crippen LogP contribution in [0.1, 0.15) is 30.1 Å². The highest BCUT2D eigenvalue weighted by Crippen LogP contribution is 2.39. The van der Waals surface area contributed by atoms with E-state index >= 15 is 0 Å². The van der Waals surface area contributed by atoms with Crippen molar-refractivity contribution >= 4 is 0 Å². The van der Waals surface area contributed by atoms with E-state index in [1.54, 1.807) is 0 Å². The number of benzene rings is 1. The molecule has 2 heterocycles. The van der Waals surface area contributed by atoms with Gasteiger partial charge in [-0.2, -0.15) is 5.10 Å². The first kappa shape index (κ1) is 12.4. The minimum atomic E-state index is -0.0292. The maximum Gasteiger partial charge on any atom is 0.161 e.